The van der Waals surface area contributed by atoms with E-state index in [1.54, 1.807) is 0 Å². The Hall–Kier alpha value is -0.540. The summed E-state index contributed by atoms with van der Waals surface area (Å²) in [5, 5.41) is 0. The third kappa shape index (κ3) is 1.71. The van der Waals surface area contributed by atoms with Crippen molar-refractivity contribution < 1.29 is 4.74 Å². The molecule has 1 aromatic rings. The first-order valence-corrected chi connectivity index (χ1v) is 7.13. The molecule has 1 saturated carbocycles. The van der Waals surface area contributed by atoms with Crippen LogP contribution < -0.4 is 10.5 Å². The number of hydrogen-bond acceptors (Lipinski definition) is 2. The topological polar surface area (TPSA) is 35.2 Å². The van der Waals surface area contributed by atoms with Gasteiger partial charge >= 0.3 is 0 Å². The Kier molecular flexibility index (Phi) is 2.71. The van der Waals surface area contributed by atoms with E-state index in [0.29, 0.717) is 6.10 Å². The van der Waals surface area contributed by atoms with Gasteiger partial charge in [0.05, 0.1) is 4.47 Å². The fraction of sp³-hybridized carbons (Fsp3) is 0.571. The van der Waals surface area contributed by atoms with Gasteiger partial charge in [-0.05, 0) is 52.9 Å². The summed E-state index contributed by atoms with van der Waals surface area (Å²) < 4.78 is 6.90. The third-order valence-corrected chi connectivity index (χ3v) is 4.85. The monoisotopic (exact) mass is 295 g/mol. The third-order valence-electron chi connectivity index (χ3n) is 4.26. The Labute approximate surface area is 111 Å². The number of halogens is 1. The second kappa shape index (κ2) is 3.99. The fourth-order valence-corrected chi connectivity index (χ4v) is 3.60. The Balaban J connectivity index is 2.03. The first kappa shape index (κ1) is 11.5. The van der Waals surface area contributed by atoms with Crippen molar-refractivity contribution in [3.05, 3.63) is 27.7 Å². The van der Waals surface area contributed by atoms with Gasteiger partial charge in [-0.15, -0.1) is 0 Å². The molecular weight excluding hydrogens is 278 g/mol. The van der Waals surface area contributed by atoms with Crippen LogP contribution in [-0.2, 0) is 11.8 Å². The van der Waals surface area contributed by atoms with Gasteiger partial charge in [0.15, 0.2) is 0 Å². The van der Waals surface area contributed by atoms with Crippen LogP contribution in [0.2, 0.25) is 0 Å². The van der Waals surface area contributed by atoms with Crippen LogP contribution >= 0.6 is 15.9 Å². The van der Waals surface area contributed by atoms with E-state index in [-0.39, 0.29) is 5.41 Å². The van der Waals surface area contributed by atoms with E-state index in [2.05, 4.69) is 35.0 Å². The van der Waals surface area contributed by atoms with E-state index < -0.39 is 0 Å². The van der Waals surface area contributed by atoms with Gasteiger partial charge in [-0.1, -0.05) is 12.5 Å². The molecule has 3 heteroatoms. The van der Waals surface area contributed by atoms with Crippen molar-refractivity contribution in [3.8, 4) is 5.75 Å². The molecule has 2 aliphatic rings. The molecule has 1 aromatic carbocycles. The molecule has 0 spiro atoms. The molecule has 1 fully saturated rings. The molecule has 0 saturated heterocycles. The second-order valence-corrected chi connectivity index (χ2v) is 6.27. The summed E-state index contributed by atoms with van der Waals surface area (Å²) in [5.41, 5.74) is 8.95. The minimum absolute atomic E-state index is 0.239. The Bertz CT molecular complexity index is 448. The van der Waals surface area contributed by atoms with E-state index in [1.807, 2.05) is 0 Å². The zero-order valence-corrected chi connectivity index (χ0v) is 11.7. The van der Waals surface area contributed by atoms with Gasteiger partial charge in [0.25, 0.3) is 0 Å². The van der Waals surface area contributed by atoms with Crippen molar-refractivity contribution in [3.63, 3.8) is 0 Å². The van der Waals surface area contributed by atoms with Crippen molar-refractivity contribution in [2.45, 2.75) is 44.1 Å². The van der Waals surface area contributed by atoms with Crippen LogP contribution in [0.5, 0.6) is 5.75 Å². The molecular formula is C14H18BrNO. The van der Waals surface area contributed by atoms with E-state index >= 15 is 0 Å². The standard InChI is InChI=1S/C14H18BrNO/c1-9-5-10-6-11(7-12(15)13(10)17-9)14(8-16)3-2-4-14/h6-7,9H,2-5,8,16H2,1H3. The second-order valence-electron chi connectivity index (χ2n) is 5.42. The first-order chi connectivity index (χ1) is 8.14. The first-order valence-electron chi connectivity index (χ1n) is 6.34. The molecule has 2 N–H and O–H groups in total. The molecule has 0 bridgehead atoms. The molecule has 0 radical (unpaired) electrons. The highest BCUT2D eigenvalue weighted by Crippen LogP contribution is 2.47. The Morgan fingerprint density at radius 1 is 1.47 bits per heavy atom. The fourth-order valence-electron chi connectivity index (χ4n) is 3.01. The maximum absolute atomic E-state index is 5.98. The van der Waals surface area contributed by atoms with E-state index in [1.165, 1.54) is 30.4 Å². The molecule has 1 atom stereocenters. The minimum Gasteiger partial charge on any atom is -0.489 e. The highest BCUT2D eigenvalue weighted by Gasteiger charge is 2.38. The maximum atomic E-state index is 5.98. The lowest BCUT2D eigenvalue weighted by molar-refractivity contribution is 0.250. The van der Waals surface area contributed by atoms with Crippen molar-refractivity contribution >= 4 is 15.9 Å². The van der Waals surface area contributed by atoms with Gasteiger partial charge < -0.3 is 10.5 Å². The molecule has 1 unspecified atom stereocenters. The summed E-state index contributed by atoms with van der Waals surface area (Å²) >= 11 is 3.63. The Morgan fingerprint density at radius 3 is 2.82 bits per heavy atom. The van der Waals surface area contributed by atoms with Crippen LogP contribution in [0, 0.1) is 0 Å². The molecule has 17 heavy (non-hydrogen) atoms. The molecule has 92 valence electrons. The molecule has 1 heterocycles. The van der Waals surface area contributed by atoms with Gasteiger partial charge in [-0.25, -0.2) is 0 Å². The Morgan fingerprint density at radius 2 is 2.24 bits per heavy atom. The highest BCUT2D eigenvalue weighted by atomic mass is 79.9. The van der Waals surface area contributed by atoms with Crippen LogP contribution in [0.3, 0.4) is 0 Å². The maximum Gasteiger partial charge on any atom is 0.137 e. The summed E-state index contributed by atoms with van der Waals surface area (Å²) in [6.07, 6.45) is 5.07. The lowest BCUT2D eigenvalue weighted by atomic mass is 9.64. The highest BCUT2D eigenvalue weighted by molar-refractivity contribution is 9.10. The van der Waals surface area contributed by atoms with E-state index in [0.717, 1.165) is 23.2 Å². The van der Waals surface area contributed by atoms with E-state index in [4.69, 9.17) is 10.5 Å². The van der Waals surface area contributed by atoms with Gasteiger partial charge in [0, 0.05) is 18.4 Å². The molecule has 1 aliphatic heterocycles. The van der Waals surface area contributed by atoms with Gasteiger partial charge in [-0.2, -0.15) is 0 Å². The summed E-state index contributed by atoms with van der Waals surface area (Å²) in [6, 6.07) is 4.53. The van der Waals surface area contributed by atoms with Gasteiger partial charge in [0.2, 0.25) is 0 Å². The summed E-state index contributed by atoms with van der Waals surface area (Å²) in [5.74, 6) is 1.03. The number of fused-ring (bicyclic) bond motifs is 1. The quantitative estimate of drug-likeness (QED) is 0.910. The van der Waals surface area contributed by atoms with Crippen LogP contribution in [0.25, 0.3) is 0 Å². The lowest BCUT2D eigenvalue weighted by Crippen LogP contribution is -2.41. The summed E-state index contributed by atoms with van der Waals surface area (Å²) in [7, 11) is 0. The average Bonchev–Trinajstić information content (AvgIpc) is 2.58. The molecule has 0 amide bonds. The smallest absolute Gasteiger partial charge is 0.137 e. The van der Waals surface area contributed by atoms with Crippen LogP contribution in [0.1, 0.15) is 37.3 Å². The normalized spacial score (nSPS) is 25.0. The zero-order valence-electron chi connectivity index (χ0n) is 10.1. The van der Waals surface area contributed by atoms with E-state index in [9.17, 15) is 0 Å². The van der Waals surface area contributed by atoms with Crippen LogP contribution in [-0.4, -0.2) is 12.6 Å². The largest absolute Gasteiger partial charge is 0.489 e. The number of benzene rings is 1. The average molecular weight is 296 g/mol. The number of ether oxygens (including phenoxy) is 1. The van der Waals surface area contributed by atoms with Crippen molar-refractivity contribution in [2.24, 2.45) is 5.73 Å². The van der Waals surface area contributed by atoms with Crippen LogP contribution in [0.15, 0.2) is 16.6 Å². The molecule has 3 rings (SSSR count). The van der Waals surface area contributed by atoms with Crippen molar-refractivity contribution in [1.29, 1.82) is 0 Å². The predicted molar refractivity (Wildman–Crippen MR) is 72.5 cm³/mol. The molecule has 0 aromatic heterocycles. The van der Waals surface area contributed by atoms with Crippen molar-refractivity contribution in [1.82, 2.24) is 0 Å². The SMILES string of the molecule is CC1Cc2cc(C3(CN)CCC3)cc(Br)c2O1. The van der Waals surface area contributed by atoms with Crippen LogP contribution in [0.4, 0.5) is 0 Å². The summed E-state index contributed by atoms with van der Waals surface area (Å²) in [4.78, 5) is 0. The van der Waals surface area contributed by atoms with Gasteiger partial charge in [0.1, 0.15) is 11.9 Å². The predicted octanol–water partition coefficient (Wildman–Crippen LogP) is 3.15. The zero-order chi connectivity index (χ0) is 12.0. The van der Waals surface area contributed by atoms with Crippen molar-refractivity contribution in [2.75, 3.05) is 6.54 Å². The number of rotatable bonds is 2. The molecule has 1 aliphatic carbocycles. The number of hydrogen-bond donors (Lipinski definition) is 1. The minimum atomic E-state index is 0.239. The van der Waals surface area contributed by atoms with Gasteiger partial charge in [-0.3, -0.25) is 0 Å². The molecule has 2 nitrogen and oxygen atoms in total. The number of nitrogens with two attached hydrogens (primary N) is 1. The summed E-state index contributed by atoms with van der Waals surface area (Å²) in [6.45, 7) is 2.88. The lowest BCUT2D eigenvalue weighted by Gasteiger charge is -2.41.